The van der Waals surface area contributed by atoms with E-state index in [-0.39, 0.29) is 5.91 Å². The second kappa shape index (κ2) is 5.42. The minimum atomic E-state index is -0.872. The molecule has 2 heterocycles. The molecule has 0 radical (unpaired) electrons. The van der Waals surface area contributed by atoms with E-state index in [2.05, 4.69) is 15.6 Å². The number of thiophene rings is 1. The summed E-state index contributed by atoms with van der Waals surface area (Å²) in [7, 11) is 0. The number of carbonyl (C=O) groups excluding carboxylic acids is 2. The van der Waals surface area contributed by atoms with Crippen LogP contribution < -0.4 is 16.4 Å². The Labute approximate surface area is 131 Å². The lowest BCUT2D eigenvalue weighted by Crippen LogP contribution is -2.48. The van der Waals surface area contributed by atoms with Gasteiger partial charge in [0.15, 0.2) is 0 Å². The van der Waals surface area contributed by atoms with E-state index < -0.39 is 11.6 Å². The predicted molar refractivity (Wildman–Crippen MR) is 85.6 cm³/mol. The van der Waals surface area contributed by atoms with Gasteiger partial charge in [0.2, 0.25) is 5.91 Å². The molecule has 2 aromatic rings. The van der Waals surface area contributed by atoms with Crippen molar-refractivity contribution in [1.82, 2.24) is 10.3 Å². The highest BCUT2D eigenvalue weighted by atomic mass is 32.1. The molecule has 114 valence electrons. The molecule has 7 heteroatoms. The lowest BCUT2D eigenvalue weighted by molar-refractivity contribution is -0.118. The summed E-state index contributed by atoms with van der Waals surface area (Å²) in [5, 5.41) is 7.38. The maximum Gasteiger partial charge on any atom is 0.313 e. The van der Waals surface area contributed by atoms with Crippen molar-refractivity contribution in [3.8, 4) is 11.3 Å². The molecule has 0 unspecified atom stereocenters. The predicted octanol–water partition coefficient (Wildman–Crippen LogP) is 2.26. The third kappa shape index (κ3) is 2.80. The highest BCUT2D eigenvalue weighted by Crippen LogP contribution is 2.37. The number of anilines is 1. The first-order valence-corrected chi connectivity index (χ1v) is 7.78. The number of nitrogens with two attached hydrogens (primary N) is 1. The lowest BCUT2D eigenvalue weighted by Gasteiger charge is -2.17. The first-order chi connectivity index (χ1) is 10.5. The Balaban J connectivity index is 1.84. The van der Waals surface area contributed by atoms with Gasteiger partial charge >= 0.3 is 6.03 Å². The van der Waals surface area contributed by atoms with Gasteiger partial charge in [0.25, 0.3) is 0 Å². The van der Waals surface area contributed by atoms with Crippen molar-refractivity contribution < 1.29 is 9.59 Å². The first-order valence-electron chi connectivity index (χ1n) is 6.90. The van der Waals surface area contributed by atoms with E-state index >= 15 is 0 Å². The van der Waals surface area contributed by atoms with Crippen molar-refractivity contribution in [2.45, 2.75) is 25.3 Å². The molecule has 0 saturated heterocycles. The van der Waals surface area contributed by atoms with Gasteiger partial charge in [0.05, 0.1) is 11.4 Å². The molecule has 0 spiro atoms. The average molecular weight is 316 g/mol. The van der Waals surface area contributed by atoms with Crippen LogP contribution in [0.25, 0.3) is 11.3 Å². The van der Waals surface area contributed by atoms with Gasteiger partial charge in [-0.1, -0.05) is 0 Å². The number of carbonyl (C=O) groups is 2. The molecule has 1 aliphatic carbocycles. The van der Waals surface area contributed by atoms with Crippen LogP contribution in [0.1, 0.15) is 17.7 Å². The smallest absolute Gasteiger partial charge is 0.313 e. The van der Waals surface area contributed by atoms with Crippen LogP contribution in [-0.2, 0) is 4.79 Å². The molecule has 6 nitrogen and oxygen atoms in total. The Morgan fingerprint density at radius 2 is 2.18 bits per heavy atom. The Bertz CT molecular complexity index is 737. The number of amides is 3. The molecule has 0 aromatic carbocycles. The second-order valence-corrected chi connectivity index (χ2v) is 6.49. The van der Waals surface area contributed by atoms with E-state index in [0.29, 0.717) is 18.5 Å². The first kappa shape index (κ1) is 14.5. The standard InChI is InChI=1S/C15H16N4O2S/c1-9-7-10(8-22-9)12-11(3-2-6-17-12)18-13(20)15(4-5-15)19-14(16)21/h2-3,6-8H,4-5H2,1H3,(H,18,20)(H3,16,19,21). The number of rotatable bonds is 4. The molecular weight excluding hydrogens is 300 g/mol. The normalized spacial score (nSPS) is 15.1. The minimum absolute atomic E-state index is 0.257. The van der Waals surface area contributed by atoms with Crippen molar-refractivity contribution in [2.75, 3.05) is 5.32 Å². The number of hydrogen-bond donors (Lipinski definition) is 3. The fourth-order valence-electron chi connectivity index (χ4n) is 2.32. The fourth-order valence-corrected chi connectivity index (χ4v) is 3.00. The van der Waals surface area contributed by atoms with Crippen molar-refractivity contribution in [1.29, 1.82) is 0 Å². The molecule has 1 aliphatic rings. The largest absolute Gasteiger partial charge is 0.352 e. The number of hydrogen-bond acceptors (Lipinski definition) is 4. The maximum atomic E-state index is 12.4. The van der Waals surface area contributed by atoms with Crippen LogP contribution in [0.15, 0.2) is 29.8 Å². The maximum absolute atomic E-state index is 12.4. The van der Waals surface area contributed by atoms with Crippen molar-refractivity contribution in [3.63, 3.8) is 0 Å². The molecule has 3 rings (SSSR count). The number of primary amides is 1. The van der Waals surface area contributed by atoms with Gasteiger partial charge in [-0.2, -0.15) is 0 Å². The van der Waals surface area contributed by atoms with E-state index in [1.54, 1.807) is 29.7 Å². The molecule has 4 N–H and O–H groups in total. The van der Waals surface area contributed by atoms with Crippen molar-refractivity contribution >= 4 is 29.0 Å². The van der Waals surface area contributed by atoms with Gasteiger partial charge in [0.1, 0.15) is 5.54 Å². The average Bonchev–Trinajstić information content (AvgIpc) is 3.12. The molecular formula is C15H16N4O2S. The molecule has 1 saturated carbocycles. The van der Waals surface area contributed by atoms with Crippen LogP contribution in [0.4, 0.5) is 10.5 Å². The number of urea groups is 1. The van der Waals surface area contributed by atoms with E-state index in [0.717, 1.165) is 11.3 Å². The number of nitrogens with zero attached hydrogens (tertiary/aromatic N) is 1. The zero-order valence-electron chi connectivity index (χ0n) is 12.1. The number of aromatic nitrogens is 1. The number of aryl methyl sites for hydroxylation is 1. The van der Waals surface area contributed by atoms with Gasteiger partial charge in [-0.15, -0.1) is 11.3 Å². The molecule has 0 aliphatic heterocycles. The summed E-state index contributed by atoms with van der Waals surface area (Å²) in [4.78, 5) is 29.0. The van der Waals surface area contributed by atoms with E-state index in [1.807, 2.05) is 18.4 Å². The zero-order valence-corrected chi connectivity index (χ0v) is 12.9. The number of nitrogens with one attached hydrogen (secondary N) is 2. The van der Waals surface area contributed by atoms with Gasteiger partial charge in [0, 0.05) is 22.0 Å². The Morgan fingerprint density at radius 3 is 2.77 bits per heavy atom. The topological polar surface area (TPSA) is 97.1 Å². The van der Waals surface area contributed by atoms with Crippen LogP contribution in [0.3, 0.4) is 0 Å². The zero-order chi connectivity index (χ0) is 15.7. The molecule has 22 heavy (non-hydrogen) atoms. The molecule has 2 aromatic heterocycles. The van der Waals surface area contributed by atoms with Crippen LogP contribution in [0.2, 0.25) is 0 Å². The van der Waals surface area contributed by atoms with Crippen LogP contribution >= 0.6 is 11.3 Å². The van der Waals surface area contributed by atoms with Gasteiger partial charge in [-0.05, 0) is 38.0 Å². The Kier molecular flexibility index (Phi) is 3.58. The van der Waals surface area contributed by atoms with E-state index in [9.17, 15) is 9.59 Å². The van der Waals surface area contributed by atoms with Gasteiger partial charge in [-0.25, -0.2) is 4.79 Å². The summed E-state index contributed by atoms with van der Waals surface area (Å²) in [5.74, 6) is -0.257. The molecule has 0 atom stereocenters. The monoisotopic (exact) mass is 316 g/mol. The lowest BCUT2D eigenvalue weighted by atomic mass is 10.1. The third-order valence-electron chi connectivity index (χ3n) is 3.61. The van der Waals surface area contributed by atoms with Gasteiger partial charge in [-0.3, -0.25) is 9.78 Å². The Hall–Kier alpha value is -2.41. The van der Waals surface area contributed by atoms with E-state index in [1.165, 1.54) is 4.88 Å². The van der Waals surface area contributed by atoms with E-state index in [4.69, 9.17) is 5.73 Å². The fraction of sp³-hybridized carbons (Fsp3) is 0.267. The molecule has 1 fully saturated rings. The highest BCUT2D eigenvalue weighted by Gasteiger charge is 2.51. The number of pyridine rings is 1. The van der Waals surface area contributed by atoms with Crippen molar-refractivity contribution in [3.05, 3.63) is 34.7 Å². The summed E-state index contributed by atoms with van der Waals surface area (Å²) >= 11 is 1.63. The summed E-state index contributed by atoms with van der Waals surface area (Å²) in [6, 6.07) is 4.90. The van der Waals surface area contributed by atoms with Gasteiger partial charge < -0.3 is 16.4 Å². The second-order valence-electron chi connectivity index (χ2n) is 5.37. The summed E-state index contributed by atoms with van der Waals surface area (Å²) in [6.45, 7) is 2.02. The van der Waals surface area contributed by atoms with Crippen molar-refractivity contribution in [2.24, 2.45) is 5.73 Å². The molecule has 0 bridgehead atoms. The highest BCUT2D eigenvalue weighted by molar-refractivity contribution is 7.10. The minimum Gasteiger partial charge on any atom is -0.352 e. The van der Waals surface area contributed by atoms with Crippen LogP contribution in [0, 0.1) is 6.92 Å². The third-order valence-corrected chi connectivity index (χ3v) is 4.47. The quantitative estimate of drug-likeness (QED) is 0.807. The van der Waals surface area contributed by atoms with Crippen LogP contribution in [0.5, 0.6) is 0 Å². The molecule has 3 amide bonds. The summed E-state index contributed by atoms with van der Waals surface area (Å²) in [6.07, 6.45) is 2.87. The summed E-state index contributed by atoms with van der Waals surface area (Å²) < 4.78 is 0. The SMILES string of the molecule is Cc1cc(-c2ncccc2NC(=O)C2(NC(N)=O)CC2)cs1. The van der Waals surface area contributed by atoms with Crippen LogP contribution in [-0.4, -0.2) is 22.5 Å². The Morgan fingerprint density at radius 1 is 1.41 bits per heavy atom. The summed E-state index contributed by atoms with van der Waals surface area (Å²) in [5.41, 5.74) is 6.57.